The topological polar surface area (TPSA) is 56.8 Å². The molecule has 0 unspecified atom stereocenters. The van der Waals surface area contributed by atoms with E-state index < -0.39 is 5.60 Å². The number of ether oxygens (including phenoxy) is 3. The Hall–Kier alpha value is -0.810. The Kier molecular flexibility index (Phi) is 10.6. The highest BCUT2D eigenvalue weighted by atomic mass is 16.6. The van der Waals surface area contributed by atoms with E-state index in [-0.39, 0.29) is 6.09 Å². The Labute approximate surface area is 117 Å². The van der Waals surface area contributed by atoms with Gasteiger partial charge in [0, 0.05) is 19.8 Å². The maximum Gasteiger partial charge on any atom is 0.407 e. The van der Waals surface area contributed by atoms with Crippen molar-refractivity contribution in [3.8, 4) is 0 Å². The molecule has 114 valence electrons. The Morgan fingerprint density at radius 3 is 2.21 bits per heavy atom. The average Bonchev–Trinajstić information content (AvgIpc) is 2.29. The van der Waals surface area contributed by atoms with Crippen LogP contribution < -0.4 is 5.32 Å². The first-order valence-corrected chi connectivity index (χ1v) is 7.08. The first kappa shape index (κ1) is 18.2. The molecule has 5 heteroatoms. The monoisotopic (exact) mass is 275 g/mol. The molecule has 0 heterocycles. The molecule has 1 amide bonds. The van der Waals surface area contributed by atoms with Gasteiger partial charge < -0.3 is 19.5 Å². The van der Waals surface area contributed by atoms with Crippen LogP contribution in [-0.4, -0.2) is 44.7 Å². The van der Waals surface area contributed by atoms with Crippen molar-refractivity contribution in [1.82, 2.24) is 5.32 Å². The van der Waals surface area contributed by atoms with Gasteiger partial charge in [0.15, 0.2) is 0 Å². The molecule has 1 N–H and O–H groups in total. The van der Waals surface area contributed by atoms with Crippen LogP contribution in [0.1, 0.15) is 47.0 Å². The highest BCUT2D eigenvalue weighted by molar-refractivity contribution is 5.67. The molecule has 0 aromatic rings. The molecule has 0 saturated heterocycles. The zero-order valence-electron chi connectivity index (χ0n) is 12.8. The second kappa shape index (κ2) is 11.1. The standard InChI is InChI=1S/C14H29NO4/c1-5-9-17-11-12-18-10-7-6-8-15-13(16)19-14(2,3)4/h5-12H2,1-4H3,(H,15,16). The molecule has 5 nitrogen and oxygen atoms in total. The van der Waals surface area contributed by atoms with E-state index in [2.05, 4.69) is 12.2 Å². The van der Waals surface area contributed by atoms with E-state index in [0.717, 1.165) is 25.9 Å². The van der Waals surface area contributed by atoms with Crippen LogP contribution in [0.3, 0.4) is 0 Å². The lowest BCUT2D eigenvalue weighted by Gasteiger charge is -2.19. The Morgan fingerprint density at radius 1 is 1.00 bits per heavy atom. The summed E-state index contributed by atoms with van der Waals surface area (Å²) in [6.45, 7) is 11.0. The van der Waals surface area contributed by atoms with E-state index in [4.69, 9.17) is 14.2 Å². The summed E-state index contributed by atoms with van der Waals surface area (Å²) < 4.78 is 15.8. The minimum Gasteiger partial charge on any atom is -0.444 e. The van der Waals surface area contributed by atoms with Crippen molar-refractivity contribution in [2.24, 2.45) is 0 Å². The third-order valence-corrected chi connectivity index (χ3v) is 2.10. The number of hydrogen-bond acceptors (Lipinski definition) is 4. The van der Waals surface area contributed by atoms with Gasteiger partial charge in [-0.15, -0.1) is 0 Å². The van der Waals surface area contributed by atoms with E-state index in [1.807, 2.05) is 20.8 Å². The van der Waals surface area contributed by atoms with Gasteiger partial charge in [-0.05, 0) is 40.0 Å². The predicted molar refractivity (Wildman–Crippen MR) is 75.4 cm³/mol. The molecule has 0 aromatic heterocycles. The third kappa shape index (κ3) is 15.1. The Bertz CT molecular complexity index is 226. The Balaban J connectivity index is 3.21. The minimum absolute atomic E-state index is 0.360. The maximum atomic E-state index is 11.3. The molecule has 0 aliphatic carbocycles. The van der Waals surface area contributed by atoms with E-state index >= 15 is 0 Å². The van der Waals surface area contributed by atoms with Gasteiger partial charge in [0.25, 0.3) is 0 Å². The molecule has 0 saturated carbocycles. The highest BCUT2D eigenvalue weighted by Crippen LogP contribution is 2.06. The normalized spacial score (nSPS) is 11.4. The van der Waals surface area contributed by atoms with Crippen LogP contribution in [0.4, 0.5) is 4.79 Å². The van der Waals surface area contributed by atoms with Crippen molar-refractivity contribution in [3.63, 3.8) is 0 Å². The SMILES string of the molecule is CCCOCCOCCCCNC(=O)OC(C)(C)C. The van der Waals surface area contributed by atoms with Gasteiger partial charge in [-0.1, -0.05) is 6.92 Å². The maximum absolute atomic E-state index is 11.3. The molecule has 0 radical (unpaired) electrons. The lowest BCUT2D eigenvalue weighted by atomic mass is 10.2. The van der Waals surface area contributed by atoms with Crippen LogP contribution in [0.2, 0.25) is 0 Å². The summed E-state index contributed by atoms with van der Waals surface area (Å²) in [6.07, 6.45) is 2.48. The summed E-state index contributed by atoms with van der Waals surface area (Å²) in [5.74, 6) is 0. The van der Waals surface area contributed by atoms with Crippen molar-refractivity contribution in [2.45, 2.75) is 52.6 Å². The summed E-state index contributed by atoms with van der Waals surface area (Å²) in [6, 6.07) is 0. The molecular formula is C14H29NO4. The van der Waals surface area contributed by atoms with Crippen molar-refractivity contribution in [3.05, 3.63) is 0 Å². The largest absolute Gasteiger partial charge is 0.444 e. The van der Waals surface area contributed by atoms with Crippen molar-refractivity contribution in [2.75, 3.05) is 33.0 Å². The number of rotatable bonds is 10. The fourth-order valence-electron chi connectivity index (χ4n) is 1.30. The molecule has 19 heavy (non-hydrogen) atoms. The molecule has 0 aromatic carbocycles. The quantitative estimate of drug-likeness (QED) is 0.623. The van der Waals surface area contributed by atoms with Crippen LogP contribution in [0.25, 0.3) is 0 Å². The summed E-state index contributed by atoms with van der Waals surface area (Å²) in [4.78, 5) is 11.3. The molecule has 0 bridgehead atoms. The van der Waals surface area contributed by atoms with Crippen molar-refractivity contribution < 1.29 is 19.0 Å². The molecule has 0 fully saturated rings. The van der Waals surface area contributed by atoms with Gasteiger partial charge in [0.2, 0.25) is 0 Å². The van der Waals surface area contributed by atoms with E-state index in [9.17, 15) is 4.79 Å². The number of hydrogen-bond donors (Lipinski definition) is 1. The zero-order valence-corrected chi connectivity index (χ0v) is 12.8. The summed E-state index contributed by atoms with van der Waals surface area (Å²) >= 11 is 0. The molecular weight excluding hydrogens is 246 g/mol. The summed E-state index contributed by atoms with van der Waals surface area (Å²) in [5, 5.41) is 2.72. The first-order valence-electron chi connectivity index (χ1n) is 7.08. The van der Waals surface area contributed by atoms with E-state index in [1.54, 1.807) is 0 Å². The number of unbranched alkanes of at least 4 members (excludes halogenated alkanes) is 1. The highest BCUT2D eigenvalue weighted by Gasteiger charge is 2.15. The van der Waals surface area contributed by atoms with Gasteiger partial charge in [-0.2, -0.15) is 0 Å². The number of carbonyl (C=O) groups excluding carboxylic acids is 1. The molecule has 0 aliphatic heterocycles. The smallest absolute Gasteiger partial charge is 0.407 e. The van der Waals surface area contributed by atoms with Crippen LogP contribution in [0.5, 0.6) is 0 Å². The van der Waals surface area contributed by atoms with Crippen LogP contribution in [-0.2, 0) is 14.2 Å². The van der Waals surface area contributed by atoms with Gasteiger partial charge in [0.1, 0.15) is 5.60 Å². The van der Waals surface area contributed by atoms with E-state index in [1.165, 1.54) is 0 Å². The van der Waals surface area contributed by atoms with Gasteiger partial charge in [-0.25, -0.2) is 4.79 Å². The molecule has 0 aliphatic rings. The molecule has 0 atom stereocenters. The number of carbonyl (C=O) groups is 1. The van der Waals surface area contributed by atoms with Crippen LogP contribution in [0, 0.1) is 0 Å². The molecule has 0 spiro atoms. The van der Waals surface area contributed by atoms with Crippen LogP contribution in [0.15, 0.2) is 0 Å². The second-order valence-electron chi connectivity index (χ2n) is 5.36. The lowest BCUT2D eigenvalue weighted by Crippen LogP contribution is -2.33. The van der Waals surface area contributed by atoms with Gasteiger partial charge >= 0.3 is 6.09 Å². The first-order chi connectivity index (χ1) is 8.95. The van der Waals surface area contributed by atoms with Crippen molar-refractivity contribution in [1.29, 1.82) is 0 Å². The third-order valence-electron chi connectivity index (χ3n) is 2.10. The van der Waals surface area contributed by atoms with Crippen molar-refractivity contribution >= 4 is 6.09 Å². The second-order valence-corrected chi connectivity index (χ2v) is 5.36. The summed E-state index contributed by atoms with van der Waals surface area (Å²) in [5.41, 5.74) is -0.439. The summed E-state index contributed by atoms with van der Waals surface area (Å²) in [7, 11) is 0. The molecule has 0 rings (SSSR count). The number of amides is 1. The predicted octanol–water partition coefficient (Wildman–Crippen LogP) is 2.73. The van der Waals surface area contributed by atoms with Gasteiger partial charge in [0.05, 0.1) is 13.2 Å². The average molecular weight is 275 g/mol. The minimum atomic E-state index is -0.439. The van der Waals surface area contributed by atoms with E-state index in [0.29, 0.717) is 26.4 Å². The number of nitrogens with one attached hydrogen (secondary N) is 1. The van der Waals surface area contributed by atoms with Gasteiger partial charge in [-0.3, -0.25) is 0 Å². The fraction of sp³-hybridized carbons (Fsp3) is 0.929. The zero-order chi connectivity index (χ0) is 14.6. The Morgan fingerprint density at radius 2 is 1.63 bits per heavy atom. The lowest BCUT2D eigenvalue weighted by molar-refractivity contribution is 0.0455. The van der Waals surface area contributed by atoms with Crippen LogP contribution >= 0.6 is 0 Å². The fourth-order valence-corrected chi connectivity index (χ4v) is 1.30. The number of alkyl carbamates (subject to hydrolysis) is 1.